The van der Waals surface area contributed by atoms with Crippen molar-refractivity contribution >= 4 is 15.7 Å². The first-order chi connectivity index (χ1) is 14.9. The maximum atomic E-state index is 13.0. The van der Waals surface area contributed by atoms with Gasteiger partial charge in [0.25, 0.3) is 5.91 Å². The summed E-state index contributed by atoms with van der Waals surface area (Å²) in [7, 11) is -3.41. The van der Waals surface area contributed by atoms with Crippen molar-refractivity contribution in [3.05, 3.63) is 95.8 Å². The zero-order valence-electron chi connectivity index (χ0n) is 17.4. The van der Waals surface area contributed by atoms with Crippen LogP contribution in [0.3, 0.4) is 0 Å². The summed E-state index contributed by atoms with van der Waals surface area (Å²) in [5, 5.41) is 0. The largest absolute Gasteiger partial charge is 0.336 e. The monoisotopic (exact) mass is 435 g/mol. The lowest BCUT2D eigenvalue weighted by atomic mass is 9.96. The van der Waals surface area contributed by atoms with Gasteiger partial charge in [0.05, 0.1) is 16.5 Å². The molecule has 6 nitrogen and oxygen atoms in total. The second-order valence-electron chi connectivity index (χ2n) is 7.73. The molecule has 1 aliphatic rings. The Balaban J connectivity index is 1.51. The maximum Gasteiger partial charge on any atom is 0.255 e. The molecule has 1 saturated heterocycles. The van der Waals surface area contributed by atoms with Crippen LogP contribution in [0.5, 0.6) is 0 Å². The summed E-state index contributed by atoms with van der Waals surface area (Å²) in [5.41, 5.74) is 2.75. The molecule has 2 heterocycles. The Kier molecular flexibility index (Phi) is 6.15. The highest BCUT2D eigenvalue weighted by Crippen LogP contribution is 2.29. The first kappa shape index (κ1) is 21.2. The molecule has 0 radical (unpaired) electrons. The molecular weight excluding hydrogens is 410 g/mol. The van der Waals surface area contributed by atoms with Crippen LogP contribution in [0.25, 0.3) is 0 Å². The summed E-state index contributed by atoms with van der Waals surface area (Å²) in [6.45, 7) is 2.58. The average molecular weight is 436 g/mol. The SMILES string of the molecule is CS(=O)(=O)c1cncc(C(=O)N2CCN(C(c3ccccc3)c3ccccc3)CC2)c1. The van der Waals surface area contributed by atoms with Gasteiger partial charge in [0.1, 0.15) is 0 Å². The van der Waals surface area contributed by atoms with E-state index in [1.807, 2.05) is 36.4 Å². The molecule has 1 aliphatic heterocycles. The van der Waals surface area contributed by atoms with Gasteiger partial charge in [-0.15, -0.1) is 0 Å². The number of hydrogen-bond acceptors (Lipinski definition) is 5. The molecule has 160 valence electrons. The van der Waals surface area contributed by atoms with Crippen LogP contribution in [0, 0.1) is 0 Å². The molecule has 0 bridgehead atoms. The van der Waals surface area contributed by atoms with Crippen molar-refractivity contribution in [2.75, 3.05) is 32.4 Å². The Morgan fingerprint density at radius 2 is 1.42 bits per heavy atom. The molecule has 0 atom stereocenters. The highest BCUT2D eigenvalue weighted by molar-refractivity contribution is 7.90. The van der Waals surface area contributed by atoms with Crippen molar-refractivity contribution in [3.8, 4) is 0 Å². The second-order valence-corrected chi connectivity index (χ2v) is 9.75. The zero-order chi connectivity index (χ0) is 21.8. The number of aromatic nitrogens is 1. The maximum absolute atomic E-state index is 13.0. The van der Waals surface area contributed by atoms with E-state index in [9.17, 15) is 13.2 Å². The molecular formula is C24H25N3O3S. The molecule has 0 aliphatic carbocycles. The van der Waals surface area contributed by atoms with Gasteiger partial charge in [0, 0.05) is 44.8 Å². The Bertz CT molecular complexity index is 1100. The fourth-order valence-corrected chi connectivity index (χ4v) is 4.58. The third kappa shape index (κ3) is 4.84. The van der Waals surface area contributed by atoms with E-state index in [4.69, 9.17) is 0 Å². The number of rotatable bonds is 5. The predicted molar refractivity (Wildman–Crippen MR) is 120 cm³/mol. The Morgan fingerprint density at radius 1 is 0.871 bits per heavy atom. The number of pyridine rings is 1. The van der Waals surface area contributed by atoms with E-state index < -0.39 is 9.84 Å². The van der Waals surface area contributed by atoms with Crippen LogP contribution in [0.1, 0.15) is 27.5 Å². The van der Waals surface area contributed by atoms with Gasteiger partial charge in [-0.05, 0) is 17.2 Å². The van der Waals surface area contributed by atoms with Gasteiger partial charge in [0.15, 0.2) is 9.84 Å². The molecule has 2 aromatic carbocycles. The van der Waals surface area contributed by atoms with Crippen molar-refractivity contribution in [2.24, 2.45) is 0 Å². The minimum atomic E-state index is -3.41. The van der Waals surface area contributed by atoms with Crippen LogP contribution in [-0.2, 0) is 9.84 Å². The molecule has 4 rings (SSSR count). The smallest absolute Gasteiger partial charge is 0.255 e. The summed E-state index contributed by atoms with van der Waals surface area (Å²) >= 11 is 0. The molecule has 7 heteroatoms. The average Bonchev–Trinajstić information content (AvgIpc) is 2.80. The van der Waals surface area contributed by atoms with Crippen LogP contribution >= 0.6 is 0 Å². The van der Waals surface area contributed by atoms with Crippen LogP contribution in [0.15, 0.2) is 84.0 Å². The number of carbonyl (C=O) groups is 1. The number of sulfone groups is 1. The second kappa shape index (κ2) is 8.99. The lowest BCUT2D eigenvalue weighted by Crippen LogP contribution is -2.49. The van der Waals surface area contributed by atoms with Crippen LogP contribution < -0.4 is 0 Å². The summed E-state index contributed by atoms with van der Waals surface area (Å²) in [6, 6.07) is 22.3. The van der Waals surface area contributed by atoms with Crippen molar-refractivity contribution in [3.63, 3.8) is 0 Å². The predicted octanol–water partition coefficient (Wildman–Crippen LogP) is 3.03. The van der Waals surface area contributed by atoms with Gasteiger partial charge in [-0.2, -0.15) is 0 Å². The number of benzene rings is 2. The number of amides is 1. The number of piperazine rings is 1. The molecule has 3 aromatic rings. The van der Waals surface area contributed by atoms with E-state index in [1.54, 1.807) is 4.90 Å². The molecule has 0 unspecified atom stereocenters. The van der Waals surface area contributed by atoms with Crippen molar-refractivity contribution in [2.45, 2.75) is 10.9 Å². The third-order valence-electron chi connectivity index (χ3n) is 5.59. The van der Waals surface area contributed by atoms with E-state index in [1.165, 1.54) is 29.6 Å². The van der Waals surface area contributed by atoms with Gasteiger partial charge >= 0.3 is 0 Å². The Hall–Kier alpha value is -3.03. The summed E-state index contributed by atoms with van der Waals surface area (Å²) in [6.07, 6.45) is 3.82. The van der Waals surface area contributed by atoms with Crippen molar-refractivity contribution in [1.82, 2.24) is 14.8 Å². The van der Waals surface area contributed by atoms with E-state index in [0.717, 1.165) is 19.3 Å². The molecule has 0 N–H and O–H groups in total. The minimum Gasteiger partial charge on any atom is -0.336 e. The Labute approximate surface area is 183 Å². The topological polar surface area (TPSA) is 70.6 Å². The van der Waals surface area contributed by atoms with Crippen molar-refractivity contribution in [1.29, 1.82) is 0 Å². The molecule has 1 aromatic heterocycles. The normalized spacial score (nSPS) is 15.2. The molecule has 31 heavy (non-hydrogen) atoms. The van der Waals surface area contributed by atoms with Gasteiger partial charge in [-0.25, -0.2) is 8.42 Å². The molecule has 1 fully saturated rings. The fourth-order valence-electron chi connectivity index (χ4n) is 3.99. The van der Waals surface area contributed by atoms with Gasteiger partial charge in [0.2, 0.25) is 0 Å². The lowest BCUT2D eigenvalue weighted by Gasteiger charge is -2.39. The van der Waals surface area contributed by atoms with E-state index in [-0.39, 0.29) is 16.8 Å². The molecule has 1 amide bonds. The van der Waals surface area contributed by atoms with Gasteiger partial charge < -0.3 is 4.90 Å². The minimum absolute atomic E-state index is 0.0604. The first-order valence-electron chi connectivity index (χ1n) is 10.2. The lowest BCUT2D eigenvalue weighted by molar-refractivity contribution is 0.0596. The standard InChI is InChI=1S/C24H25N3O3S/c1-31(29,30)22-16-21(17-25-18-22)24(28)27-14-12-26(13-15-27)23(19-8-4-2-5-9-19)20-10-6-3-7-11-20/h2-11,16-18,23H,12-15H2,1H3. The summed E-state index contributed by atoms with van der Waals surface area (Å²) in [5.74, 6) is -0.186. The third-order valence-corrected chi connectivity index (χ3v) is 6.67. The van der Waals surface area contributed by atoms with Gasteiger partial charge in [-0.1, -0.05) is 60.7 Å². The fraction of sp³-hybridized carbons (Fsp3) is 0.250. The quantitative estimate of drug-likeness (QED) is 0.616. The zero-order valence-corrected chi connectivity index (χ0v) is 18.2. The summed E-state index contributed by atoms with van der Waals surface area (Å²) in [4.78, 5) is 21.1. The van der Waals surface area contributed by atoms with E-state index in [0.29, 0.717) is 18.7 Å². The van der Waals surface area contributed by atoms with Crippen LogP contribution in [-0.4, -0.2) is 61.5 Å². The van der Waals surface area contributed by atoms with E-state index >= 15 is 0 Å². The van der Waals surface area contributed by atoms with Crippen LogP contribution in [0.2, 0.25) is 0 Å². The highest BCUT2D eigenvalue weighted by Gasteiger charge is 2.29. The number of nitrogens with zero attached hydrogens (tertiary/aromatic N) is 3. The number of carbonyl (C=O) groups excluding carboxylic acids is 1. The van der Waals surface area contributed by atoms with Gasteiger partial charge in [-0.3, -0.25) is 14.7 Å². The molecule has 0 spiro atoms. The van der Waals surface area contributed by atoms with Crippen molar-refractivity contribution < 1.29 is 13.2 Å². The number of hydrogen-bond donors (Lipinski definition) is 0. The molecule has 0 saturated carbocycles. The Morgan fingerprint density at radius 3 is 1.94 bits per heavy atom. The highest BCUT2D eigenvalue weighted by atomic mass is 32.2. The van der Waals surface area contributed by atoms with Crippen LogP contribution in [0.4, 0.5) is 0 Å². The first-order valence-corrected chi connectivity index (χ1v) is 12.1. The van der Waals surface area contributed by atoms with E-state index in [2.05, 4.69) is 34.1 Å². The summed E-state index contributed by atoms with van der Waals surface area (Å²) < 4.78 is 23.6.